The summed E-state index contributed by atoms with van der Waals surface area (Å²) in [6.07, 6.45) is 1.10. The van der Waals surface area contributed by atoms with Gasteiger partial charge in [-0.25, -0.2) is 0 Å². The molecule has 6 heteroatoms. The third kappa shape index (κ3) is 5.59. The fourth-order valence-corrected chi connectivity index (χ4v) is 3.15. The molecule has 0 saturated carbocycles. The molecule has 0 aliphatic heterocycles. The molecule has 0 heterocycles. The van der Waals surface area contributed by atoms with Crippen LogP contribution >= 0.6 is 24.0 Å². The van der Waals surface area contributed by atoms with Crippen molar-refractivity contribution < 1.29 is 4.79 Å². The van der Waals surface area contributed by atoms with E-state index in [9.17, 15) is 4.79 Å². The second-order valence-electron chi connectivity index (χ2n) is 6.22. The van der Waals surface area contributed by atoms with E-state index in [2.05, 4.69) is 29.6 Å². The van der Waals surface area contributed by atoms with Crippen LogP contribution in [-0.4, -0.2) is 61.4 Å². The summed E-state index contributed by atoms with van der Waals surface area (Å²) in [5.41, 5.74) is 2.85. The fraction of sp³-hybridized carbons (Fsp3) is 0.579. The van der Waals surface area contributed by atoms with Gasteiger partial charge in [-0.1, -0.05) is 24.3 Å². The Hall–Kier alpha value is -1.31. The van der Waals surface area contributed by atoms with Gasteiger partial charge in [-0.15, -0.1) is 24.0 Å². The molecule has 0 radical (unpaired) electrons. The highest BCUT2D eigenvalue weighted by atomic mass is 127. The highest BCUT2D eigenvalue weighted by Crippen LogP contribution is 2.34. The maximum Gasteiger partial charge on any atom is 0.242 e. The zero-order valence-corrected chi connectivity index (χ0v) is 18.1. The first-order valence-electron chi connectivity index (χ1n) is 8.95. The van der Waals surface area contributed by atoms with Gasteiger partial charge in [0.2, 0.25) is 5.91 Å². The molecular formula is C19H31IN4O. The molecule has 25 heavy (non-hydrogen) atoms. The Bertz CT molecular complexity index is 587. The number of hydrogen-bond acceptors (Lipinski definition) is 2. The van der Waals surface area contributed by atoms with E-state index in [-0.39, 0.29) is 29.9 Å². The molecule has 0 aromatic heterocycles. The minimum atomic E-state index is 0. The Kier molecular flexibility index (Phi) is 9.24. The van der Waals surface area contributed by atoms with E-state index in [1.165, 1.54) is 11.1 Å². The largest absolute Gasteiger partial charge is 0.357 e. The Morgan fingerprint density at radius 2 is 1.92 bits per heavy atom. The second kappa shape index (κ2) is 10.6. The molecule has 1 aromatic carbocycles. The zero-order valence-electron chi connectivity index (χ0n) is 15.8. The van der Waals surface area contributed by atoms with Crippen molar-refractivity contribution in [1.29, 1.82) is 0 Å². The summed E-state index contributed by atoms with van der Waals surface area (Å²) in [5, 5.41) is 3.30. The predicted molar refractivity (Wildman–Crippen MR) is 115 cm³/mol. The Morgan fingerprint density at radius 3 is 2.52 bits per heavy atom. The molecule has 0 spiro atoms. The van der Waals surface area contributed by atoms with Crippen LogP contribution in [0.25, 0.3) is 0 Å². The average molecular weight is 458 g/mol. The molecule has 0 bridgehead atoms. The number of rotatable bonds is 7. The first-order valence-corrected chi connectivity index (χ1v) is 8.95. The molecule has 140 valence electrons. The number of amides is 1. The number of benzene rings is 1. The van der Waals surface area contributed by atoms with Crippen molar-refractivity contribution in [1.82, 2.24) is 15.1 Å². The molecule has 2 rings (SSSR count). The van der Waals surface area contributed by atoms with Crippen LogP contribution in [0.2, 0.25) is 0 Å². The lowest BCUT2D eigenvalue weighted by molar-refractivity contribution is -0.131. The number of carbonyl (C=O) groups is 1. The molecule has 1 aliphatic rings. The molecule has 0 fully saturated rings. The standard InChI is InChI=1S/C19H30N4O.HI/c1-5-20-19(22(4)14-18(24)23(6-2)7-3)21-13-16-12-15-10-8-9-11-17(15)16;/h8-11,16H,5-7,12-14H2,1-4H3,(H,20,21);1H. The lowest BCUT2D eigenvalue weighted by Gasteiger charge is -2.30. The van der Waals surface area contributed by atoms with Gasteiger partial charge in [-0.05, 0) is 38.3 Å². The molecule has 5 nitrogen and oxygen atoms in total. The van der Waals surface area contributed by atoms with Gasteiger partial charge in [-0.3, -0.25) is 9.79 Å². The Balaban J connectivity index is 0.00000312. The maximum atomic E-state index is 12.3. The third-order valence-electron chi connectivity index (χ3n) is 4.61. The van der Waals surface area contributed by atoms with Gasteiger partial charge in [0, 0.05) is 39.1 Å². The topological polar surface area (TPSA) is 47.9 Å². The summed E-state index contributed by atoms with van der Waals surface area (Å²) in [5.74, 6) is 1.45. The van der Waals surface area contributed by atoms with Crippen molar-refractivity contribution in [2.24, 2.45) is 4.99 Å². The monoisotopic (exact) mass is 458 g/mol. The van der Waals surface area contributed by atoms with E-state index < -0.39 is 0 Å². The van der Waals surface area contributed by atoms with E-state index >= 15 is 0 Å². The number of guanidine groups is 1. The van der Waals surface area contributed by atoms with Crippen molar-refractivity contribution in [2.45, 2.75) is 33.1 Å². The normalized spacial score (nSPS) is 15.5. The quantitative estimate of drug-likeness (QED) is 0.389. The molecule has 0 saturated heterocycles. The molecule has 1 aliphatic carbocycles. The van der Waals surface area contributed by atoms with Gasteiger partial charge in [-0.2, -0.15) is 0 Å². The number of nitrogens with zero attached hydrogens (tertiary/aromatic N) is 3. The highest BCUT2D eigenvalue weighted by Gasteiger charge is 2.25. The first-order chi connectivity index (χ1) is 11.6. The SMILES string of the molecule is CCNC(=NCC1Cc2ccccc21)N(C)CC(=O)N(CC)CC.I. The van der Waals surface area contributed by atoms with E-state index in [0.29, 0.717) is 12.5 Å². The maximum absolute atomic E-state index is 12.3. The third-order valence-corrected chi connectivity index (χ3v) is 4.61. The van der Waals surface area contributed by atoms with Gasteiger partial charge in [0.15, 0.2) is 5.96 Å². The van der Waals surface area contributed by atoms with Crippen molar-refractivity contribution in [3.8, 4) is 0 Å². The summed E-state index contributed by atoms with van der Waals surface area (Å²) >= 11 is 0. The fourth-order valence-electron chi connectivity index (χ4n) is 3.15. The smallest absolute Gasteiger partial charge is 0.242 e. The zero-order chi connectivity index (χ0) is 17.5. The van der Waals surface area contributed by atoms with Crippen LogP contribution in [0.3, 0.4) is 0 Å². The van der Waals surface area contributed by atoms with Crippen molar-refractivity contribution in [2.75, 3.05) is 39.8 Å². The van der Waals surface area contributed by atoms with Crippen LogP contribution in [0.5, 0.6) is 0 Å². The minimum Gasteiger partial charge on any atom is -0.357 e. The minimum absolute atomic E-state index is 0. The van der Waals surface area contributed by atoms with E-state index in [1.54, 1.807) is 0 Å². The summed E-state index contributed by atoms with van der Waals surface area (Å²) in [6.45, 7) is 9.48. The summed E-state index contributed by atoms with van der Waals surface area (Å²) < 4.78 is 0. The lowest BCUT2D eigenvalue weighted by Crippen LogP contribution is -2.45. The van der Waals surface area contributed by atoms with Gasteiger partial charge in [0.05, 0.1) is 6.54 Å². The summed E-state index contributed by atoms with van der Waals surface area (Å²) in [4.78, 5) is 20.8. The highest BCUT2D eigenvalue weighted by molar-refractivity contribution is 14.0. The molecule has 1 atom stereocenters. The first kappa shape index (κ1) is 21.7. The number of aliphatic imine (C=N–C) groups is 1. The van der Waals surface area contributed by atoms with Gasteiger partial charge in [0.25, 0.3) is 0 Å². The predicted octanol–water partition coefficient (Wildman–Crippen LogP) is 2.71. The lowest BCUT2D eigenvalue weighted by atomic mass is 9.78. The molecule has 1 unspecified atom stereocenters. The second-order valence-corrected chi connectivity index (χ2v) is 6.22. The van der Waals surface area contributed by atoms with Crippen LogP contribution in [0, 0.1) is 0 Å². The van der Waals surface area contributed by atoms with Crippen molar-refractivity contribution in [3.63, 3.8) is 0 Å². The van der Waals surface area contributed by atoms with Crippen LogP contribution in [0.15, 0.2) is 29.3 Å². The van der Waals surface area contributed by atoms with Crippen LogP contribution in [0.4, 0.5) is 0 Å². The van der Waals surface area contributed by atoms with E-state index in [4.69, 9.17) is 4.99 Å². The van der Waals surface area contributed by atoms with Gasteiger partial charge >= 0.3 is 0 Å². The van der Waals surface area contributed by atoms with Crippen LogP contribution in [0.1, 0.15) is 37.8 Å². The number of nitrogens with one attached hydrogen (secondary N) is 1. The molecular weight excluding hydrogens is 427 g/mol. The number of halogens is 1. The van der Waals surface area contributed by atoms with Crippen molar-refractivity contribution in [3.05, 3.63) is 35.4 Å². The van der Waals surface area contributed by atoms with Crippen molar-refractivity contribution >= 4 is 35.8 Å². The summed E-state index contributed by atoms with van der Waals surface area (Å²) in [6, 6.07) is 8.57. The average Bonchev–Trinajstić information content (AvgIpc) is 2.55. The molecule has 1 aromatic rings. The van der Waals surface area contributed by atoms with E-state index in [1.807, 2.05) is 37.6 Å². The van der Waals surface area contributed by atoms with Gasteiger partial charge in [0.1, 0.15) is 0 Å². The Morgan fingerprint density at radius 1 is 1.24 bits per heavy atom. The number of fused-ring (bicyclic) bond motifs is 1. The number of likely N-dealkylation sites (N-methyl/N-ethyl adjacent to an activating group) is 2. The van der Waals surface area contributed by atoms with E-state index in [0.717, 1.165) is 38.6 Å². The number of carbonyl (C=O) groups excluding carboxylic acids is 1. The number of hydrogen-bond donors (Lipinski definition) is 1. The molecule has 1 amide bonds. The van der Waals surface area contributed by atoms with Crippen LogP contribution in [-0.2, 0) is 11.2 Å². The van der Waals surface area contributed by atoms with Gasteiger partial charge < -0.3 is 15.1 Å². The molecule has 1 N–H and O–H groups in total. The Labute approximate surface area is 168 Å². The summed E-state index contributed by atoms with van der Waals surface area (Å²) in [7, 11) is 1.93. The van der Waals surface area contributed by atoms with Crippen LogP contribution < -0.4 is 5.32 Å².